The van der Waals surface area contributed by atoms with Crippen molar-refractivity contribution in [2.24, 2.45) is 0 Å². The minimum Gasteiger partial charge on any atom is -0.477 e. The average molecular weight is 366 g/mol. The van der Waals surface area contributed by atoms with Crippen LogP contribution in [0.3, 0.4) is 0 Å². The molecule has 0 aliphatic carbocycles. The lowest BCUT2D eigenvalue weighted by Gasteiger charge is -2.06. The molecule has 0 spiro atoms. The van der Waals surface area contributed by atoms with Crippen LogP contribution >= 0.6 is 34.2 Å². The van der Waals surface area contributed by atoms with E-state index in [0.717, 1.165) is 3.57 Å². The number of hydrogen-bond acceptors (Lipinski definition) is 1. The van der Waals surface area contributed by atoms with Gasteiger partial charge in [-0.2, -0.15) is 0 Å². The maximum absolute atomic E-state index is 13.3. The van der Waals surface area contributed by atoms with E-state index in [0.29, 0.717) is 5.69 Å². The summed E-state index contributed by atoms with van der Waals surface area (Å²) in [5.74, 6) is -1.65. The molecule has 0 saturated carbocycles. The SMILES string of the molecule is O=C(O)c1cc(I)cn1-c1ccc(Cl)c(F)c1. The van der Waals surface area contributed by atoms with Crippen molar-refractivity contribution < 1.29 is 14.3 Å². The van der Waals surface area contributed by atoms with Crippen molar-refractivity contribution in [1.29, 1.82) is 0 Å². The van der Waals surface area contributed by atoms with E-state index in [1.807, 2.05) is 22.6 Å². The lowest BCUT2D eigenvalue weighted by atomic mass is 10.3. The number of halogens is 3. The highest BCUT2D eigenvalue weighted by molar-refractivity contribution is 14.1. The summed E-state index contributed by atoms with van der Waals surface area (Å²) < 4.78 is 15.5. The minimum atomic E-state index is -1.07. The van der Waals surface area contributed by atoms with Crippen molar-refractivity contribution in [2.75, 3.05) is 0 Å². The summed E-state index contributed by atoms with van der Waals surface area (Å²) in [7, 11) is 0. The fraction of sp³-hybridized carbons (Fsp3) is 0. The van der Waals surface area contributed by atoms with Gasteiger partial charge in [-0.05, 0) is 46.9 Å². The highest BCUT2D eigenvalue weighted by Crippen LogP contribution is 2.21. The predicted molar refractivity (Wildman–Crippen MR) is 70.4 cm³/mol. The standard InChI is InChI=1S/C11H6ClFINO2/c12-8-2-1-7(4-9(8)13)15-5-6(14)3-10(15)11(16)17/h1-5H,(H,16,17). The maximum Gasteiger partial charge on any atom is 0.352 e. The molecule has 0 amide bonds. The molecular weight excluding hydrogens is 359 g/mol. The fourth-order valence-electron chi connectivity index (χ4n) is 1.44. The van der Waals surface area contributed by atoms with E-state index in [2.05, 4.69) is 0 Å². The normalized spacial score (nSPS) is 10.5. The Hall–Kier alpha value is -1.08. The molecule has 2 rings (SSSR count). The van der Waals surface area contributed by atoms with Gasteiger partial charge in [0.05, 0.1) is 5.02 Å². The lowest BCUT2D eigenvalue weighted by molar-refractivity contribution is 0.0688. The molecule has 88 valence electrons. The van der Waals surface area contributed by atoms with Crippen molar-refractivity contribution >= 4 is 40.2 Å². The average Bonchev–Trinajstić information content (AvgIpc) is 2.64. The van der Waals surface area contributed by atoms with Crippen LogP contribution in [0, 0.1) is 9.39 Å². The molecule has 0 aliphatic rings. The van der Waals surface area contributed by atoms with E-state index in [9.17, 15) is 9.18 Å². The van der Waals surface area contributed by atoms with Crippen LogP contribution in [0.15, 0.2) is 30.5 Å². The molecule has 3 nitrogen and oxygen atoms in total. The first-order valence-corrected chi connectivity index (χ1v) is 6.01. The van der Waals surface area contributed by atoms with E-state index < -0.39 is 11.8 Å². The summed E-state index contributed by atoms with van der Waals surface area (Å²) in [5, 5.41) is 9.03. The first kappa shape index (κ1) is 12.4. The van der Waals surface area contributed by atoms with Crippen molar-refractivity contribution in [3.63, 3.8) is 0 Å². The third-order valence-electron chi connectivity index (χ3n) is 2.19. The van der Waals surface area contributed by atoms with Gasteiger partial charge in [0.2, 0.25) is 0 Å². The summed E-state index contributed by atoms with van der Waals surface area (Å²) in [6.45, 7) is 0. The van der Waals surface area contributed by atoms with Crippen molar-refractivity contribution in [3.05, 3.63) is 50.6 Å². The second kappa shape index (κ2) is 4.66. The van der Waals surface area contributed by atoms with Crippen LogP contribution in [0.5, 0.6) is 0 Å². The van der Waals surface area contributed by atoms with E-state index in [1.54, 1.807) is 12.3 Å². The second-order valence-electron chi connectivity index (χ2n) is 3.32. The smallest absolute Gasteiger partial charge is 0.352 e. The molecule has 1 N–H and O–H groups in total. The Kier molecular flexibility index (Phi) is 3.39. The van der Waals surface area contributed by atoms with Crippen LogP contribution in [0.25, 0.3) is 5.69 Å². The van der Waals surface area contributed by atoms with Crippen LogP contribution in [0.1, 0.15) is 10.5 Å². The number of aromatic nitrogens is 1. The van der Waals surface area contributed by atoms with Crippen LogP contribution < -0.4 is 0 Å². The van der Waals surface area contributed by atoms with Gasteiger partial charge in [-0.25, -0.2) is 9.18 Å². The van der Waals surface area contributed by atoms with Crippen LogP contribution in [-0.4, -0.2) is 15.6 Å². The van der Waals surface area contributed by atoms with Crippen molar-refractivity contribution in [1.82, 2.24) is 4.57 Å². The number of aromatic carboxylic acids is 1. The number of nitrogens with zero attached hydrogens (tertiary/aromatic N) is 1. The van der Waals surface area contributed by atoms with E-state index in [4.69, 9.17) is 16.7 Å². The zero-order chi connectivity index (χ0) is 12.6. The number of hydrogen-bond donors (Lipinski definition) is 1. The van der Waals surface area contributed by atoms with Gasteiger partial charge in [-0.15, -0.1) is 0 Å². The number of carboxylic acids is 1. The first-order valence-electron chi connectivity index (χ1n) is 4.55. The number of carbonyl (C=O) groups is 1. The molecular formula is C11H6ClFINO2. The summed E-state index contributed by atoms with van der Waals surface area (Å²) in [5.41, 5.74) is 0.503. The molecule has 0 saturated heterocycles. The molecule has 17 heavy (non-hydrogen) atoms. The van der Waals surface area contributed by atoms with Crippen molar-refractivity contribution in [2.45, 2.75) is 0 Å². The molecule has 0 fully saturated rings. The molecule has 6 heteroatoms. The van der Waals surface area contributed by atoms with Gasteiger partial charge in [0, 0.05) is 15.5 Å². The molecule has 0 atom stereocenters. The van der Waals surface area contributed by atoms with Gasteiger partial charge in [0.1, 0.15) is 11.5 Å². The molecule has 0 unspecified atom stereocenters. The van der Waals surface area contributed by atoms with Gasteiger partial charge >= 0.3 is 5.97 Å². The third-order valence-corrected chi connectivity index (χ3v) is 3.08. The number of rotatable bonds is 2. The van der Waals surface area contributed by atoms with Crippen LogP contribution in [-0.2, 0) is 0 Å². The molecule has 0 bridgehead atoms. The van der Waals surface area contributed by atoms with E-state index in [-0.39, 0.29) is 10.7 Å². The quantitative estimate of drug-likeness (QED) is 0.827. The van der Waals surface area contributed by atoms with Gasteiger partial charge in [0.15, 0.2) is 0 Å². The predicted octanol–water partition coefficient (Wildman–Crippen LogP) is 3.57. The summed E-state index contributed by atoms with van der Waals surface area (Å²) in [6.07, 6.45) is 1.62. The van der Waals surface area contributed by atoms with Gasteiger partial charge in [-0.1, -0.05) is 11.6 Å². The Morgan fingerprint density at radius 1 is 1.41 bits per heavy atom. The lowest BCUT2D eigenvalue weighted by Crippen LogP contribution is -2.05. The zero-order valence-electron chi connectivity index (χ0n) is 8.32. The van der Waals surface area contributed by atoms with Gasteiger partial charge < -0.3 is 9.67 Å². The monoisotopic (exact) mass is 365 g/mol. The first-order chi connectivity index (χ1) is 7.99. The maximum atomic E-state index is 13.3. The summed E-state index contributed by atoms with van der Waals surface area (Å²) in [4.78, 5) is 11.0. The van der Waals surface area contributed by atoms with Gasteiger partial charge in [-0.3, -0.25) is 0 Å². The Balaban J connectivity index is 2.59. The number of carboxylic acid groups (broad SMARTS) is 1. The van der Waals surface area contributed by atoms with Crippen molar-refractivity contribution in [3.8, 4) is 5.69 Å². The highest BCUT2D eigenvalue weighted by atomic mass is 127. The highest BCUT2D eigenvalue weighted by Gasteiger charge is 2.13. The Labute approximate surface area is 115 Å². The molecule has 0 radical (unpaired) electrons. The topological polar surface area (TPSA) is 42.2 Å². The summed E-state index contributed by atoms with van der Waals surface area (Å²) in [6, 6.07) is 5.67. The Morgan fingerprint density at radius 2 is 2.12 bits per heavy atom. The van der Waals surface area contributed by atoms with Crippen LogP contribution in [0.4, 0.5) is 4.39 Å². The number of benzene rings is 1. The Morgan fingerprint density at radius 3 is 2.71 bits per heavy atom. The molecule has 1 heterocycles. The second-order valence-corrected chi connectivity index (χ2v) is 4.97. The minimum absolute atomic E-state index is 0.00692. The summed E-state index contributed by atoms with van der Waals surface area (Å²) >= 11 is 7.57. The molecule has 2 aromatic rings. The largest absolute Gasteiger partial charge is 0.477 e. The van der Waals surface area contributed by atoms with E-state index in [1.165, 1.54) is 22.8 Å². The third kappa shape index (κ3) is 2.44. The fourth-order valence-corrected chi connectivity index (χ4v) is 2.13. The molecule has 1 aromatic carbocycles. The molecule has 0 aliphatic heterocycles. The Bertz CT molecular complexity index is 597. The van der Waals surface area contributed by atoms with Crippen LogP contribution in [0.2, 0.25) is 5.02 Å². The van der Waals surface area contributed by atoms with E-state index >= 15 is 0 Å². The molecule has 1 aromatic heterocycles. The van der Waals surface area contributed by atoms with Gasteiger partial charge in [0.25, 0.3) is 0 Å². The zero-order valence-corrected chi connectivity index (χ0v) is 11.2.